The van der Waals surface area contributed by atoms with E-state index in [1.807, 2.05) is 36.4 Å². The molecule has 5 rings (SSSR count). The van der Waals surface area contributed by atoms with Crippen LogP contribution in [0.25, 0.3) is 22.3 Å². The standard InChI is InChI=1S/C27H22FN3O3/c1-16(32)24-20-11-12-29-22(20)14-21(28)25(24)34-19-10-6-7-17(13-19)26-30-15-23(31-26)27(2,33)18-8-4-3-5-9-18/h3-15,29,33H,1-2H3,(H,30,31). The number of aliphatic hydroxyl groups is 1. The molecule has 1 unspecified atom stereocenters. The van der Waals surface area contributed by atoms with Crippen molar-refractivity contribution in [2.45, 2.75) is 19.4 Å². The highest BCUT2D eigenvalue weighted by atomic mass is 19.1. The van der Waals surface area contributed by atoms with Crippen molar-refractivity contribution in [3.63, 3.8) is 0 Å². The first-order valence-corrected chi connectivity index (χ1v) is 10.8. The van der Waals surface area contributed by atoms with Crippen LogP contribution in [0.2, 0.25) is 0 Å². The smallest absolute Gasteiger partial charge is 0.174 e. The van der Waals surface area contributed by atoms with Gasteiger partial charge >= 0.3 is 0 Å². The summed E-state index contributed by atoms with van der Waals surface area (Å²) in [6.07, 6.45) is 3.24. The molecule has 0 radical (unpaired) electrons. The number of imidazole rings is 1. The third kappa shape index (κ3) is 3.76. The molecule has 34 heavy (non-hydrogen) atoms. The number of benzene rings is 3. The maximum Gasteiger partial charge on any atom is 0.174 e. The molecule has 0 saturated carbocycles. The Bertz CT molecular complexity index is 1500. The lowest BCUT2D eigenvalue weighted by molar-refractivity contribution is 0.0978. The van der Waals surface area contributed by atoms with Gasteiger partial charge in [0, 0.05) is 28.7 Å². The van der Waals surface area contributed by atoms with E-state index >= 15 is 0 Å². The fraction of sp³-hybridized carbons (Fsp3) is 0.111. The number of fused-ring (bicyclic) bond motifs is 1. The molecule has 2 aromatic heterocycles. The fourth-order valence-electron chi connectivity index (χ4n) is 4.06. The molecular weight excluding hydrogens is 433 g/mol. The fourth-order valence-corrected chi connectivity index (χ4v) is 4.06. The number of rotatable bonds is 6. The number of aromatic nitrogens is 3. The number of hydrogen-bond donors (Lipinski definition) is 3. The van der Waals surface area contributed by atoms with Gasteiger partial charge in [0.05, 0.1) is 17.5 Å². The maximum atomic E-state index is 14.9. The van der Waals surface area contributed by atoms with Crippen molar-refractivity contribution in [2.75, 3.05) is 0 Å². The zero-order valence-corrected chi connectivity index (χ0v) is 18.6. The van der Waals surface area contributed by atoms with Crippen LogP contribution in [-0.4, -0.2) is 25.8 Å². The summed E-state index contributed by atoms with van der Waals surface area (Å²) < 4.78 is 20.8. The molecule has 0 spiro atoms. The molecule has 170 valence electrons. The van der Waals surface area contributed by atoms with E-state index in [0.29, 0.717) is 33.7 Å². The van der Waals surface area contributed by atoms with Crippen LogP contribution in [0.4, 0.5) is 4.39 Å². The SMILES string of the molecule is CC(=O)c1c(Oc2cccc(-c3ncc(C(C)(O)c4ccccc4)[nH]3)c2)c(F)cc2[nH]ccc12. The Kier molecular flexibility index (Phi) is 5.26. The molecule has 7 heteroatoms. The molecule has 0 saturated heterocycles. The Labute approximate surface area is 195 Å². The van der Waals surface area contributed by atoms with Crippen LogP contribution < -0.4 is 4.74 Å². The summed E-state index contributed by atoms with van der Waals surface area (Å²) in [6, 6.07) is 19.3. The number of ketones is 1. The second-order valence-electron chi connectivity index (χ2n) is 8.27. The van der Waals surface area contributed by atoms with Gasteiger partial charge in [-0.05, 0) is 37.6 Å². The van der Waals surface area contributed by atoms with E-state index in [-0.39, 0.29) is 17.1 Å². The van der Waals surface area contributed by atoms with Crippen LogP contribution in [0.15, 0.2) is 79.1 Å². The van der Waals surface area contributed by atoms with Crippen LogP contribution in [-0.2, 0) is 5.60 Å². The number of carbonyl (C=O) groups is 1. The van der Waals surface area contributed by atoms with Crippen LogP contribution in [0.1, 0.15) is 35.5 Å². The minimum absolute atomic E-state index is 0.121. The van der Waals surface area contributed by atoms with Gasteiger partial charge in [-0.15, -0.1) is 0 Å². The summed E-state index contributed by atoms with van der Waals surface area (Å²) in [7, 11) is 0. The average Bonchev–Trinajstić information content (AvgIpc) is 3.50. The minimum atomic E-state index is -1.26. The predicted molar refractivity (Wildman–Crippen MR) is 127 cm³/mol. The third-order valence-corrected chi connectivity index (χ3v) is 5.88. The lowest BCUT2D eigenvalue weighted by Crippen LogP contribution is -2.23. The van der Waals surface area contributed by atoms with Crippen molar-refractivity contribution in [3.8, 4) is 22.9 Å². The van der Waals surface area contributed by atoms with Gasteiger partial charge in [0.2, 0.25) is 0 Å². The normalized spacial score (nSPS) is 13.1. The van der Waals surface area contributed by atoms with Gasteiger partial charge in [-0.3, -0.25) is 4.79 Å². The molecule has 0 aliphatic rings. The molecule has 0 aliphatic carbocycles. The van der Waals surface area contributed by atoms with Gasteiger partial charge in [0.15, 0.2) is 17.3 Å². The highest BCUT2D eigenvalue weighted by Gasteiger charge is 2.28. The van der Waals surface area contributed by atoms with Crippen molar-refractivity contribution in [1.82, 2.24) is 15.0 Å². The first kappa shape index (κ1) is 21.6. The van der Waals surface area contributed by atoms with Crippen molar-refractivity contribution in [3.05, 3.63) is 102 Å². The van der Waals surface area contributed by atoms with E-state index in [0.717, 1.165) is 5.56 Å². The van der Waals surface area contributed by atoms with E-state index in [1.165, 1.54) is 13.0 Å². The Morgan fingerprint density at radius 1 is 1.09 bits per heavy atom. The minimum Gasteiger partial charge on any atom is -0.453 e. The second-order valence-corrected chi connectivity index (χ2v) is 8.27. The number of carbonyl (C=O) groups excluding carboxylic acids is 1. The zero-order valence-electron chi connectivity index (χ0n) is 18.6. The van der Waals surface area contributed by atoms with Gasteiger partial charge in [0.25, 0.3) is 0 Å². The summed E-state index contributed by atoms with van der Waals surface area (Å²) in [5.41, 5.74) is 1.39. The lowest BCUT2D eigenvalue weighted by atomic mass is 9.93. The number of Topliss-reactive ketones (excluding diaryl/α,β-unsaturated/α-hetero) is 1. The van der Waals surface area contributed by atoms with Gasteiger partial charge < -0.3 is 19.8 Å². The molecule has 5 aromatic rings. The van der Waals surface area contributed by atoms with E-state index in [1.54, 1.807) is 43.6 Å². The molecule has 3 aromatic carbocycles. The van der Waals surface area contributed by atoms with Crippen molar-refractivity contribution in [2.24, 2.45) is 0 Å². The van der Waals surface area contributed by atoms with Crippen LogP contribution >= 0.6 is 0 Å². The van der Waals surface area contributed by atoms with E-state index in [9.17, 15) is 14.3 Å². The summed E-state index contributed by atoms with van der Waals surface area (Å²) in [6.45, 7) is 3.08. The topological polar surface area (TPSA) is 91.0 Å². The summed E-state index contributed by atoms with van der Waals surface area (Å²) in [5, 5.41) is 11.7. The molecule has 0 fully saturated rings. The predicted octanol–water partition coefficient (Wildman–Crippen LogP) is 5.95. The third-order valence-electron chi connectivity index (χ3n) is 5.88. The van der Waals surface area contributed by atoms with E-state index in [2.05, 4.69) is 15.0 Å². The van der Waals surface area contributed by atoms with Gasteiger partial charge in [-0.2, -0.15) is 0 Å². The number of aromatic amines is 2. The Morgan fingerprint density at radius 3 is 2.65 bits per heavy atom. The summed E-state index contributed by atoms with van der Waals surface area (Å²) in [4.78, 5) is 22.8. The number of ether oxygens (including phenoxy) is 1. The van der Waals surface area contributed by atoms with E-state index in [4.69, 9.17) is 4.74 Å². The number of halogens is 1. The maximum absolute atomic E-state index is 14.9. The molecule has 6 nitrogen and oxygen atoms in total. The summed E-state index contributed by atoms with van der Waals surface area (Å²) in [5.74, 6) is -0.186. The van der Waals surface area contributed by atoms with Crippen LogP contribution in [0, 0.1) is 5.82 Å². The largest absolute Gasteiger partial charge is 0.453 e. The Balaban J connectivity index is 1.49. The number of hydrogen-bond acceptors (Lipinski definition) is 4. The lowest BCUT2D eigenvalue weighted by Gasteiger charge is -2.22. The Hall–Kier alpha value is -4.23. The zero-order chi connectivity index (χ0) is 23.9. The Morgan fingerprint density at radius 2 is 1.88 bits per heavy atom. The van der Waals surface area contributed by atoms with Crippen molar-refractivity contribution in [1.29, 1.82) is 0 Å². The first-order valence-electron chi connectivity index (χ1n) is 10.8. The first-order chi connectivity index (χ1) is 16.3. The monoisotopic (exact) mass is 455 g/mol. The molecule has 1 atom stereocenters. The molecule has 0 bridgehead atoms. The van der Waals surface area contributed by atoms with Crippen molar-refractivity contribution >= 4 is 16.7 Å². The number of nitrogens with zero attached hydrogens (tertiary/aromatic N) is 1. The second kappa shape index (κ2) is 8.28. The van der Waals surface area contributed by atoms with Gasteiger partial charge in [-0.25, -0.2) is 9.37 Å². The number of H-pyrrole nitrogens is 2. The molecule has 0 amide bonds. The molecule has 3 N–H and O–H groups in total. The quantitative estimate of drug-likeness (QED) is 0.276. The molecule has 0 aliphatic heterocycles. The highest BCUT2D eigenvalue weighted by molar-refractivity contribution is 6.09. The van der Waals surface area contributed by atoms with Gasteiger partial charge in [0.1, 0.15) is 17.2 Å². The molecular formula is C27H22FN3O3. The van der Waals surface area contributed by atoms with Crippen molar-refractivity contribution < 1.29 is 19.0 Å². The highest BCUT2D eigenvalue weighted by Crippen LogP contribution is 2.36. The van der Waals surface area contributed by atoms with Crippen LogP contribution in [0.5, 0.6) is 11.5 Å². The van der Waals surface area contributed by atoms with E-state index < -0.39 is 11.4 Å². The molecule has 2 heterocycles. The average molecular weight is 455 g/mol. The number of nitrogens with one attached hydrogen (secondary N) is 2. The van der Waals surface area contributed by atoms with Crippen LogP contribution in [0.3, 0.4) is 0 Å². The van der Waals surface area contributed by atoms with Gasteiger partial charge in [-0.1, -0.05) is 42.5 Å². The summed E-state index contributed by atoms with van der Waals surface area (Å²) >= 11 is 0.